The van der Waals surface area contributed by atoms with Crippen LogP contribution in [0.15, 0.2) is 0 Å². The summed E-state index contributed by atoms with van der Waals surface area (Å²) in [7, 11) is 0. The fraction of sp³-hybridized carbons (Fsp3) is 0.833. The van der Waals surface area contributed by atoms with E-state index in [0.29, 0.717) is 6.92 Å². The molecule has 0 fully saturated rings. The van der Waals surface area contributed by atoms with Gasteiger partial charge in [0.1, 0.15) is 0 Å². The molecule has 0 heterocycles. The molecule has 0 radical (unpaired) electrons. The number of hydrogen-bond donors (Lipinski definition) is 0. The number of hydrogen-bond acceptors (Lipinski definition) is 2. The fourth-order valence-corrected chi connectivity index (χ4v) is 0.635. The summed E-state index contributed by atoms with van der Waals surface area (Å²) in [5.41, 5.74) is 0. The van der Waals surface area contributed by atoms with Crippen LogP contribution in [0.2, 0.25) is 0 Å². The molecule has 0 aliphatic rings. The topological polar surface area (TPSA) is 26.3 Å². The van der Waals surface area contributed by atoms with Crippen LogP contribution in [0, 0.1) is 0 Å². The molecular formula is C6H6F6O2. The molecule has 0 aliphatic carbocycles. The van der Waals surface area contributed by atoms with Crippen molar-refractivity contribution in [1.29, 1.82) is 0 Å². The van der Waals surface area contributed by atoms with Crippen LogP contribution >= 0.6 is 0 Å². The van der Waals surface area contributed by atoms with Crippen molar-refractivity contribution < 1.29 is 35.9 Å². The van der Waals surface area contributed by atoms with E-state index < -0.39 is 30.8 Å². The Kier molecular flexibility index (Phi) is 3.78. The zero-order valence-electron chi connectivity index (χ0n) is 6.87. The summed E-state index contributed by atoms with van der Waals surface area (Å²) in [4.78, 5) is 10.1. The number of rotatable bonds is 2. The number of alkyl halides is 6. The first-order valence-corrected chi connectivity index (χ1v) is 3.33. The normalized spacial score (nSPS) is 15.1. The van der Waals surface area contributed by atoms with E-state index in [0.717, 1.165) is 0 Å². The highest BCUT2D eigenvalue weighted by atomic mass is 19.4. The predicted octanol–water partition coefficient (Wildman–Crippen LogP) is 2.43. The molecule has 0 aromatic rings. The van der Waals surface area contributed by atoms with E-state index in [1.54, 1.807) is 0 Å². The van der Waals surface area contributed by atoms with Gasteiger partial charge in [0.25, 0.3) is 0 Å². The molecule has 0 N–H and O–H groups in total. The molecule has 1 atom stereocenters. The van der Waals surface area contributed by atoms with Crippen LogP contribution in [0.4, 0.5) is 26.3 Å². The lowest BCUT2D eigenvalue weighted by molar-refractivity contribution is -0.250. The molecule has 0 bridgehead atoms. The molecule has 0 spiro atoms. The zero-order chi connectivity index (χ0) is 11.6. The molecule has 1 unspecified atom stereocenters. The highest BCUT2D eigenvalue weighted by molar-refractivity contribution is 5.66. The fourth-order valence-electron chi connectivity index (χ4n) is 0.635. The Morgan fingerprint density at radius 3 is 1.86 bits per heavy atom. The van der Waals surface area contributed by atoms with Gasteiger partial charge in [0.15, 0.2) is 0 Å². The third-order valence-corrected chi connectivity index (χ3v) is 1.09. The first-order chi connectivity index (χ1) is 6.02. The zero-order valence-corrected chi connectivity index (χ0v) is 6.87. The van der Waals surface area contributed by atoms with Crippen LogP contribution in [-0.2, 0) is 9.53 Å². The van der Waals surface area contributed by atoms with Crippen LogP contribution in [-0.4, -0.2) is 24.4 Å². The van der Waals surface area contributed by atoms with Crippen LogP contribution in [0.3, 0.4) is 0 Å². The quantitative estimate of drug-likeness (QED) is 0.531. The Morgan fingerprint density at radius 1 is 1.21 bits per heavy atom. The largest absolute Gasteiger partial charge is 0.453 e. The van der Waals surface area contributed by atoms with Gasteiger partial charge in [-0.2, -0.15) is 26.3 Å². The summed E-state index contributed by atoms with van der Waals surface area (Å²) in [6, 6.07) is 0. The van der Waals surface area contributed by atoms with Gasteiger partial charge in [0, 0.05) is 6.92 Å². The van der Waals surface area contributed by atoms with E-state index in [-0.39, 0.29) is 0 Å². The monoisotopic (exact) mass is 224 g/mol. The molecule has 0 rings (SSSR count). The number of halogens is 6. The van der Waals surface area contributed by atoms with E-state index in [4.69, 9.17) is 0 Å². The van der Waals surface area contributed by atoms with Crippen LogP contribution in [0.1, 0.15) is 13.3 Å². The van der Waals surface area contributed by atoms with Gasteiger partial charge in [-0.25, -0.2) is 0 Å². The van der Waals surface area contributed by atoms with Gasteiger partial charge in [-0.15, -0.1) is 0 Å². The summed E-state index contributed by atoms with van der Waals surface area (Å²) < 4.78 is 73.8. The van der Waals surface area contributed by atoms with Crippen molar-refractivity contribution in [2.24, 2.45) is 0 Å². The average Bonchev–Trinajstić information content (AvgIpc) is 1.78. The van der Waals surface area contributed by atoms with E-state index >= 15 is 0 Å². The van der Waals surface area contributed by atoms with Crippen molar-refractivity contribution in [3.63, 3.8) is 0 Å². The molecule has 0 aliphatic heterocycles. The van der Waals surface area contributed by atoms with Gasteiger partial charge < -0.3 is 4.74 Å². The van der Waals surface area contributed by atoms with Crippen LogP contribution in [0.25, 0.3) is 0 Å². The summed E-state index contributed by atoms with van der Waals surface area (Å²) in [6.07, 6.45) is -15.6. The average molecular weight is 224 g/mol. The summed E-state index contributed by atoms with van der Waals surface area (Å²) in [6.45, 7) is 0.606. The van der Waals surface area contributed by atoms with E-state index in [9.17, 15) is 31.1 Å². The first-order valence-electron chi connectivity index (χ1n) is 3.33. The van der Waals surface area contributed by atoms with Crippen molar-refractivity contribution >= 4 is 5.97 Å². The number of esters is 1. The molecule has 84 valence electrons. The molecule has 0 saturated carbocycles. The second kappa shape index (κ2) is 4.05. The molecule has 14 heavy (non-hydrogen) atoms. The second-order valence-corrected chi connectivity index (χ2v) is 2.46. The Bertz CT molecular complexity index is 205. The Balaban J connectivity index is 4.50. The third-order valence-electron chi connectivity index (χ3n) is 1.09. The summed E-state index contributed by atoms with van der Waals surface area (Å²) >= 11 is 0. The highest BCUT2D eigenvalue weighted by Crippen LogP contribution is 2.32. The maximum absolute atomic E-state index is 11.8. The van der Waals surface area contributed by atoms with E-state index in [1.165, 1.54) is 0 Å². The minimum absolute atomic E-state index is 0.606. The first kappa shape index (κ1) is 13.0. The maximum Gasteiger partial charge on any atom is 0.425 e. The molecule has 0 saturated heterocycles. The molecule has 8 heteroatoms. The van der Waals surface area contributed by atoms with Gasteiger partial charge in [-0.1, -0.05) is 0 Å². The third kappa shape index (κ3) is 5.65. The molecular weight excluding hydrogens is 218 g/mol. The van der Waals surface area contributed by atoms with Gasteiger partial charge in [-0.05, 0) is 0 Å². The van der Waals surface area contributed by atoms with E-state index in [1.807, 2.05) is 0 Å². The lowest BCUT2D eigenvalue weighted by Crippen LogP contribution is -2.37. The van der Waals surface area contributed by atoms with Crippen molar-refractivity contribution in [2.75, 3.05) is 0 Å². The predicted molar refractivity (Wildman–Crippen MR) is 32.3 cm³/mol. The van der Waals surface area contributed by atoms with Crippen molar-refractivity contribution in [3.05, 3.63) is 0 Å². The molecule has 0 aromatic carbocycles. The molecule has 0 aromatic heterocycles. The number of carbonyl (C=O) groups is 1. The lowest BCUT2D eigenvalue weighted by Gasteiger charge is -2.20. The molecule has 2 nitrogen and oxygen atoms in total. The van der Waals surface area contributed by atoms with Crippen molar-refractivity contribution in [1.82, 2.24) is 0 Å². The number of carbonyl (C=O) groups excluding carboxylic acids is 1. The highest BCUT2D eigenvalue weighted by Gasteiger charge is 2.48. The maximum atomic E-state index is 11.8. The van der Waals surface area contributed by atoms with E-state index in [2.05, 4.69) is 4.74 Å². The smallest absolute Gasteiger partial charge is 0.425 e. The lowest BCUT2D eigenvalue weighted by atomic mass is 10.2. The Labute approximate surface area is 74.8 Å². The minimum atomic E-state index is -5.21. The van der Waals surface area contributed by atoms with Crippen LogP contribution in [0.5, 0.6) is 0 Å². The minimum Gasteiger partial charge on any atom is -0.453 e. The standard InChI is InChI=1S/C6H6F6O2/c1-3(13)14-4(6(10,11)12)2-5(7,8)9/h4H,2H2,1H3. The van der Waals surface area contributed by atoms with Gasteiger partial charge >= 0.3 is 18.3 Å². The summed E-state index contributed by atoms with van der Waals surface area (Å²) in [5, 5.41) is 0. The summed E-state index contributed by atoms with van der Waals surface area (Å²) in [5.74, 6) is -1.41. The number of ether oxygens (including phenoxy) is 1. The SMILES string of the molecule is CC(=O)OC(CC(F)(F)F)C(F)(F)F. The van der Waals surface area contributed by atoms with Gasteiger partial charge in [-0.3, -0.25) is 4.79 Å². The Morgan fingerprint density at radius 2 is 1.64 bits per heavy atom. The Hall–Kier alpha value is -0.950. The van der Waals surface area contributed by atoms with Crippen molar-refractivity contribution in [2.45, 2.75) is 31.8 Å². The molecule has 0 amide bonds. The van der Waals surface area contributed by atoms with Crippen LogP contribution < -0.4 is 0 Å². The van der Waals surface area contributed by atoms with Gasteiger partial charge in [0.2, 0.25) is 6.10 Å². The second-order valence-electron chi connectivity index (χ2n) is 2.46. The van der Waals surface area contributed by atoms with Crippen molar-refractivity contribution in [3.8, 4) is 0 Å². The van der Waals surface area contributed by atoms with Gasteiger partial charge in [0.05, 0.1) is 6.42 Å².